The number of nitrogens with zero attached hydrogens (tertiary/aromatic N) is 1. The van der Waals surface area contributed by atoms with E-state index in [0.717, 1.165) is 12.1 Å². The zero-order chi connectivity index (χ0) is 15.1. The lowest BCUT2D eigenvalue weighted by Crippen LogP contribution is -2.53. The number of hydrogen-bond donors (Lipinski definition) is 1. The molecule has 0 radical (unpaired) electrons. The maximum atomic E-state index is 13.2. The summed E-state index contributed by atoms with van der Waals surface area (Å²) >= 11 is 0. The minimum absolute atomic E-state index is 0.0989. The summed E-state index contributed by atoms with van der Waals surface area (Å²) in [6.45, 7) is 4.25. The highest BCUT2D eigenvalue weighted by atomic mass is 32.2. The Hall–Kier alpha value is -1.05. The van der Waals surface area contributed by atoms with Gasteiger partial charge >= 0.3 is 0 Å². The van der Waals surface area contributed by atoms with Gasteiger partial charge in [-0.15, -0.1) is 0 Å². The summed E-state index contributed by atoms with van der Waals surface area (Å²) in [7, 11) is -3.90. The van der Waals surface area contributed by atoms with E-state index in [2.05, 4.69) is 0 Å². The van der Waals surface area contributed by atoms with Crippen LogP contribution in [0.2, 0.25) is 0 Å². The van der Waals surface area contributed by atoms with Crippen molar-refractivity contribution in [2.75, 3.05) is 13.1 Å². The average Bonchev–Trinajstić information content (AvgIpc) is 2.31. The van der Waals surface area contributed by atoms with E-state index in [9.17, 15) is 17.2 Å². The van der Waals surface area contributed by atoms with Crippen LogP contribution >= 0.6 is 0 Å². The quantitative estimate of drug-likeness (QED) is 0.905. The van der Waals surface area contributed by atoms with Gasteiger partial charge in [0, 0.05) is 25.2 Å². The molecular weight excluding hydrogens is 286 g/mol. The highest BCUT2D eigenvalue weighted by molar-refractivity contribution is 7.89. The number of rotatable bonds is 2. The summed E-state index contributed by atoms with van der Waals surface area (Å²) in [5.74, 6) is -1.81. The third-order valence-corrected chi connectivity index (χ3v) is 5.57. The van der Waals surface area contributed by atoms with Gasteiger partial charge in [0.25, 0.3) is 0 Å². The Morgan fingerprint density at radius 2 is 1.80 bits per heavy atom. The van der Waals surface area contributed by atoms with Crippen molar-refractivity contribution in [2.45, 2.75) is 31.2 Å². The highest BCUT2D eigenvalue weighted by Crippen LogP contribution is 2.31. The van der Waals surface area contributed by atoms with Crippen LogP contribution in [0.1, 0.15) is 20.3 Å². The van der Waals surface area contributed by atoms with E-state index >= 15 is 0 Å². The monoisotopic (exact) mass is 304 g/mol. The van der Waals surface area contributed by atoms with Gasteiger partial charge in [0.2, 0.25) is 10.0 Å². The van der Waals surface area contributed by atoms with E-state index in [4.69, 9.17) is 5.73 Å². The van der Waals surface area contributed by atoms with Crippen LogP contribution in [0.4, 0.5) is 8.78 Å². The Kier molecular flexibility index (Phi) is 3.88. The maximum Gasteiger partial charge on any atom is 0.243 e. The molecule has 1 saturated heterocycles. The molecule has 1 fully saturated rings. The molecule has 1 aliphatic heterocycles. The van der Waals surface area contributed by atoms with Crippen LogP contribution in [-0.2, 0) is 10.0 Å². The van der Waals surface area contributed by atoms with Gasteiger partial charge in [0.1, 0.15) is 11.6 Å². The summed E-state index contributed by atoms with van der Waals surface area (Å²) in [4.78, 5) is -0.360. The van der Waals surface area contributed by atoms with Gasteiger partial charge in [0.15, 0.2) is 0 Å². The molecule has 1 atom stereocenters. The van der Waals surface area contributed by atoms with E-state index in [1.165, 1.54) is 4.31 Å². The minimum atomic E-state index is -3.90. The second-order valence-corrected chi connectivity index (χ2v) is 7.77. The van der Waals surface area contributed by atoms with Gasteiger partial charge in [0.05, 0.1) is 4.90 Å². The molecule has 7 heteroatoms. The van der Waals surface area contributed by atoms with Crippen LogP contribution in [0, 0.1) is 17.0 Å². The molecule has 0 aromatic heterocycles. The van der Waals surface area contributed by atoms with E-state index < -0.39 is 21.7 Å². The van der Waals surface area contributed by atoms with Crippen molar-refractivity contribution < 1.29 is 17.2 Å². The van der Waals surface area contributed by atoms with Gasteiger partial charge in [-0.2, -0.15) is 4.31 Å². The third-order valence-electron chi connectivity index (χ3n) is 3.75. The van der Waals surface area contributed by atoms with Crippen molar-refractivity contribution in [2.24, 2.45) is 11.1 Å². The van der Waals surface area contributed by atoms with Crippen molar-refractivity contribution in [3.63, 3.8) is 0 Å². The molecule has 1 unspecified atom stereocenters. The molecule has 2 rings (SSSR count). The van der Waals surface area contributed by atoms with Crippen molar-refractivity contribution in [1.29, 1.82) is 0 Å². The van der Waals surface area contributed by atoms with Crippen LogP contribution in [0.5, 0.6) is 0 Å². The molecule has 0 saturated carbocycles. The number of sulfonamides is 1. The number of benzene rings is 1. The first-order chi connectivity index (χ1) is 9.13. The Morgan fingerprint density at radius 3 is 2.30 bits per heavy atom. The van der Waals surface area contributed by atoms with Crippen molar-refractivity contribution in [3.05, 3.63) is 29.8 Å². The van der Waals surface area contributed by atoms with Crippen LogP contribution in [0.15, 0.2) is 23.1 Å². The summed E-state index contributed by atoms with van der Waals surface area (Å²) in [5, 5.41) is 0. The molecule has 0 amide bonds. The van der Waals surface area contributed by atoms with E-state index in [1.807, 2.05) is 13.8 Å². The van der Waals surface area contributed by atoms with Gasteiger partial charge in [-0.1, -0.05) is 13.8 Å². The van der Waals surface area contributed by atoms with E-state index in [1.54, 1.807) is 0 Å². The molecule has 1 heterocycles. The highest BCUT2D eigenvalue weighted by Gasteiger charge is 2.39. The predicted molar refractivity (Wildman–Crippen MR) is 71.5 cm³/mol. The molecule has 112 valence electrons. The van der Waals surface area contributed by atoms with E-state index in [-0.39, 0.29) is 29.4 Å². The summed E-state index contributed by atoms with van der Waals surface area (Å²) < 4.78 is 52.5. The van der Waals surface area contributed by atoms with Gasteiger partial charge in [-0.3, -0.25) is 0 Å². The Bertz CT molecular complexity index is 597. The summed E-state index contributed by atoms with van der Waals surface area (Å²) in [6, 6.07) is 2.22. The van der Waals surface area contributed by atoms with Crippen molar-refractivity contribution >= 4 is 10.0 Å². The van der Waals surface area contributed by atoms with Gasteiger partial charge < -0.3 is 5.73 Å². The second-order valence-electron chi connectivity index (χ2n) is 5.83. The predicted octanol–water partition coefficient (Wildman–Crippen LogP) is 1.71. The lowest BCUT2D eigenvalue weighted by molar-refractivity contribution is 0.155. The Balaban J connectivity index is 2.36. The van der Waals surface area contributed by atoms with Crippen LogP contribution in [0.25, 0.3) is 0 Å². The number of nitrogens with two attached hydrogens (primary N) is 1. The molecule has 1 aromatic rings. The molecule has 1 aliphatic rings. The molecular formula is C13H18F2N2O2S. The standard InChI is InChI=1S/C13H18F2N2O2S/c1-13(2)8-17(4-3-12(13)16)20(18,19)11-6-9(14)5-10(15)7-11/h5-7,12H,3-4,8,16H2,1-2H3. The topological polar surface area (TPSA) is 63.4 Å². The number of halogens is 2. The Labute approximate surface area is 117 Å². The van der Waals surface area contributed by atoms with Crippen LogP contribution in [-0.4, -0.2) is 31.9 Å². The fourth-order valence-corrected chi connectivity index (χ4v) is 4.03. The van der Waals surface area contributed by atoms with Crippen LogP contribution in [0.3, 0.4) is 0 Å². The molecule has 0 spiro atoms. The fourth-order valence-electron chi connectivity index (χ4n) is 2.36. The Morgan fingerprint density at radius 1 is 1.25 bits per heavy atom. The lowest BCUT2D eigenvalue weighted by atomic mass is 9.81. The summed E-state index contributed by atoms with van der Waals surface area (Å²) in [5.41, 5.74) is 5.59. The molecule has 2 N–H and O–H groups in total. The first kappa shape index (κ1) is 15.3. The van der Waals surface area contributed by atoms with Gasteiger partial charge in [-0.25, -0.2) is 17.2 Å². The average molecular weight is 304 g/mol. The molecule has 0 bridgehead atoms. The fraction of sp³-hybridized carbons (Fsp3) is 0.538. The largest absolute Gasteiger partial charge is 0.327 e. The summed E-state index contributed by atoms with van der Waals surface area (Å²) in [6.07, 6.45) is 0.518. The molecule has 4 nitrogen and oxygen atoms in total. The van der Waals surface area contributed by atoms with Crippen LogP contribution < -0.4 is 5.73 Å². The number of piperidine rings is 1. The SMILES string of the molecule is CC1(C)CN(S(=O)(=O)c2cc(F)cc(F)c2)CCC1N. The first-order valence-electron chi connectivity index (χ1n) is 6.35. The lowest BCUT2D eigenvalue weighted by Gasteiger charge is -2.41. The van der Waals surface area contributed by atoms with Crippen molar-refractivity contribution in [1.82, 2.24) is 4.31 Å². The zero-order valence-electron chi connectivity index (χ0n) is 11.4. The molecule has 20 heavy (non-hydrogen) atoms. The zero-order valence-corrected chi connectivity index (χ0v) is 12.3. The van der Waals surface area contributed by atoms with Crippen molar-refractivity contribution in [3.8, 4) is 0 Å². The second kappa shape index (κ2) is 5.05. The van der Waals surface area contributed by atoms with Gasteiger partial charge in [-0.05, 0) is 24.0 Å². The van der Waals surface area contributed by atoms with E-state index in [0.29, 0.717) is 12.5 Å². The minimum Gasteiger partial charge on any atom is -0.327 e. The molecule has 1 aromatic carbocycles. The third kappa shape index (κ3) is 2.84. The normalized spacial score (nSPS) is 23.8. The molecule has 0 aliphatic carbocycles. The number of hydrogen-bond acceptors (Lipinski definition) is 3. The maximum absolute atomic E-state index is 13.2. The first-order valence-corrected chi connectivity index (χ1v) is 7.79. The smallest absolute Gasteiger partial charge is 0.243 e.